The first kappa shape index (κ1) is 32.4. The zero-order chi connectivity index (χ0) is 15.5. The fourth-order valence-electron chi connectivity index (χ4n) is 0.538. The Hall–Kier alpha value is -0.583. The summed E-state index contributed by atoms with van der Waals surface area (Å²) in [6, 6.07) is 0. The first-order chi connectivity index (χ1) is 9.03. The number of amides is 1. The van der Waals surface area contributed by atoms with Crippen molar-refractivity contribution in [1.82, 2.24) is 5.32 Å². The monoisotopic (exact) mass is 644 g/mol. The molecule has 0 atom stereocenters. The number of esters is 2. The predicted molar refractivity (Wildman–Crippen MR) is 67.4 cm³/mol. The number of hydrogen-bond acceptors (Lipinski definition) is 7. The van der Waals surface area contributed by atoms with Gasteiger partial charge in [0, 0.05) is 48.7 Å². The van der Waals surface area contributed by atoms with Crippen molar-refractivity contribution in [2.75, 3.05) is 27.3 Å². The van der Waals surface area contributed by atoms with Gasteiger partial charge in [-0.3, -0.25) is 15.9 Å². The van der Waals surface area contributed by atoms with Gasteiger partial charge >= 0.3 is 11.9 Å². The van der Waals surface area contributed by atoms with Crippen LogP contribution in [-0.2, 0) is 70.8 Å². The number of nitrogens with two attached hydrogens (primary N) is 1. The molecule has 3 N–H and O–H groups in total. The van der Waals surface area contributed by atoms with Crippen molar-refractivity contribution in [3.8, 4) is 0 Å². The molecule has 21 heavy (non-hydrogen) atoms. The average molecular weight is 644 g/mol. The van der Waals surface area contributed by atoms with E-state index in [2.05, 4.69) is 14.8 Å². The molecule has 0 aromatic rings. The van der Waals surface area contributed by atoms with Crippen LogP contribution >= 0.6 is 0 Å². The Balaban J connectivity index is -0.0000000643. The Bertz CT molecular complexity index is 255. The van der Waals surface area contributed by atoms with Crippen molar-refractivity contribution in [3.05, 3.63) is 0 Å². The van der Waals surface area contributed by atoms with Crippen LogP contribution in [0, 0.1) is 0 Å². The molecule has 0 aromatic heterocycles. The maximum Gasteiger partial charge on any atom is 0.307 e. The fraction of sp³-hybridized carbons (Fsp3) is 0.636. The minimum absolute atomic E-state index is 0. The minimum Gasteiger partial charge on any atom is -0.542 e. The molecule has 1 amide bonds. The van der Waals surface area contributed by atoms with Crippen molar-refractivity contribution in [3.63, 3.8) is 0 Å². The maximum absolute atomic E-state index is 10.3. The molecule has 0 fully saturated rings. The van der Waals surface area contributed by atoms with Crippen molar-refractivity contribution in [1.29, 1.82) is 0 Å². The average Bonchev–Trinajstić information content (AvgIpc) is 2.40. The number of methoxy groups -OCH3 is 2. The second-order valence-corrected chi connectivity index (χ2v) is 2.67. The summed E-state index contributed by atoms with van der Waals surface area (Å²) in [6.07, 6.45) is 3.46. The summed E-state index contributed by atoms with van der Waals surface area (Å²) in [7, 11) is 2.64. The summed E-state index contributed by atoms with van der Waals surface area (Å²) in [5.74, 6) is -0.583. The van der Waals surface area contributed by atoms with Crippen molar-refractivity contribution >= 4 is 24.6 Å². The molecule has 0 heterocycles. The normalized spacial score (nSPS) is 6.86. The van der Waals surface area contributed by atoms with E-state index < -0.39 is 0 Å². The van der Waals surface area contributed by atoms with Crippen LogP contribution in [0.25, 0.3) is 0 Å². The molecule has 10 heteroatoms. The molecule has 0 saturated carbocycles. The van der Waals surface area contributed by atoms with E-state index in [9.17, 15) is 14.4 Å². The fourth-order valence-corrected chi connectivity index (χ4v) is 0.538. The van der Waals surface area contributed by atoms with Crippen LogP contribution in [0.2, 0.25) is 0 Å². The molecule has 0 rings (SSSR count). The number of rotatable bonds is 6. The van der Waals surface area contributed by atoms with E-state index in [1.165, 1.54) is 33.8 Å². The van der Waals surface area contributed by atoms with Gasteiger partial charge in [-0.15, -0.1) is 0 Å². The van der Waals surface area contributed by atoms with E-state index in [1.807, 2.05) is 0 Å². The summed E-state index contributed by atoms with van der Waals surface area (Å²) < 4.78 is 8.56. The SMILES string of the molecule is COC(=O)CCN.COC(=O)CCN[C-]=O.C[C-]=O.[W].[W]. The van der Waals surface area contributed by atoms with Gasteiger partial charge in [0.25, 0.3) is 0 Å². The molecule has 0 unspecified atom stereocenters. The number of carbonyl (C=O) groups is 2. The van der Waals surface area contributed by atoms with Gasteiger partial charge in [-0.2, -0.15) is 13.3 Å². The second kappa shape index (κ2) is 31.7. The quantitative estimate of drug-likeness (QED) is 0.162. The topological polar surface area (TPSA) is 125 Å². The van der Waals surface area contributed by atoms with E-state index >= 15 is 0 Å². The third-order valence-electron chi connectivity index (χ3n) is 1.33. The molecular weight excluding hydrogens is 624 g/mol. The van der Waals surface area contributed by atoms with Gasteiger partial charge in [0.05, 0.1) is 27.1 Å². The van der Waals surface area contributed by atoms with Gasteiger partial charge < -0.3 is 30.1 Å². The van der Waals surface area contributed by atoms with Gasteiger partial charge in [-0.25, -0.2) is 0 Å². The molecule has 0 spiro atoms. The maximum atomic E-state index is 10.3. The van der Waals surface area contributed by atoms with Gasteiger partial charge in [-0.1, -0.05) is 0 Å². The van der Waals surface area contributed by atoms with Crippen LogP contribution in [-0.4, -0.2) is 51.9 Å². The zero-order valence-corrected chi connectivity index (χ0v) is 18.0. The van der Waals surface area contributed by atoms with Crippen LogP contribution in [0.3, 0.4) is 0 Å². The van der Waals surface area contributed by atoms with E-state index in [0.29, 0.717) is 13.0 Å². The number of nitrogens with one attached hydrogen (secondary N) is 1. The van der Waals surface area contributed by atoms with Crippen molar-refractivity contribution in [2.45, 2.75) is 19.8 Å². The zero-order valence-electron chi connectivity index (χ0n) is 12.2. The van der Waals surface area contributed by atoms with Crippen LogP contribution in [0.1, 0.15) is 19.8 Å². The van der Waals surface area contributed by atoms with Gasteiger partial charge in [0.2, 0.25) is 0 Å². The summed E-state index contributed by atoms with van der Waals surface area (Å²) in [6.45, 7) is 1.98. The molecular formula is C11H20N2O6W2-2. The van der Waals surface area contributed by atoms with Crippen molar-refractivity contribution in [2.24, 2.45) is 5.73 Å². The molecule has 0 aliphatic rings. The Morgan fingerprint density at radius 2 is 1.43 bits per heavy atom. The molecule has 8 nitrogen and oxygen atoms in total. The van der Waals surface area contributed by atoms with Crippen LogP contribution in [0.4, 0.5) is 0 Å². The first-order valence-corrected chi connectivity index (χ1v) is 5.26. The van der Waals surface area contributed by atoms with Gasteiger partial charge in [-0.05, 0) is 6.54 Å². The van der Waals surface area contributed by atoms with Gasteiger partial charge in [0.1, 0.15) is 0 Å². The minimum atomic E-state index is -0.335. The summed E-state index contributed by atoms with van der Waals surface area (Å²) in [4.78, 5) is 38.6. The molecule has 0 bridgehead atoms. The standard InChI is InChI=1S/C5H8NO3.C4H9NO2.C2H3O.2W/c1-9-5(8)2-3-6-4-7;1-7-4(6)2-3-5;1-2-3;;/h2-3H2,1H3,(H,6,7);2-3,5H2,1H3;1H3;;/q-1;;-1;;. The molecule has 0 aliphatic heterocycles. The third-order valence-corrected chi connectivity index (χ3v) is 1.33. The Labute approximate surface area is 153 Å². The van der Waals surface area contributed by atoms with Gasteiger partial charge in [0.15, 0.2) is 0 Å². The van der Waals surface area contributed by atoms with E-state index in [1.54, 1.807) is 0 Å². The summed E-state index contributed by atoms with van der Waals surface area (Å²) >= 11 is 0. The van der Waals surface area contributed by atoms with E-state index in [-0.39, 0.29) is 67.0 Å². The number of ether oxygens (including phenoxy) is 2. The molecule has 0 radical (unpaired) electrons. The molecule has 0 aromatic carbocycles. The third kappa shape index (κ3) is 45.2. The first-order valence-electron chi connectivity index (χ1n) is 5.26. The Kier molecular flexibility index (Phi) is 48.9. The predicted octanol–water partition coefficient (Wildman–Crippen LogP) is -1.17. The van der Waals surface area contributed by atoms with E-state index in [4.69, 9.17) is 10.5 Å². The number of hydrogen-bond donors (Lipinski definition) is 2. The van der Waals surface area contributed by atoms with Crippen LogP contribution in [0.15, 0.2) is 0 Å². The second-order valence-electron chi connectivity index (χ2n) is 2.67. The van der Waals surface area contributed by atoms with Crippen molar-refractivity contribution < 1.29 is 70.8 Å². The van der Waals surface area contributed by atoms with Crippen LogP contribution in [0.5, 0.6) is 0 Å². The van der Waals surface area contributed by atoms with E-state index in [0.717, 1.165) is 0 Å². The Morgan fingerprint density at radius 3 is 1.67 bits per heavy atom. The molecule has 0 aliphatic carbocycles. The summed E-state index contributed by atoms with van der Waals surface area (Å²) in [5, 5.41) is 2.21. The smallest absolute Gasteiger partial charge is 0.307 e. The molecule has 124 valence electrons. The Morgan fingerprint density at radius 1 is 1.05 bits per heavy atom. The summed E-state index contributed by atoms with van der Waals surface area (Å²) in [5.41, 5.74) is 5.00. The molecule has 0 saturated heterocycles. The largest absolute Gasteiger partial charge is 0.542 e. The number of carbonyl (C=O) groups excluding carboxylic acids is 4. The van der Waals surface area contributed by atoms with Crippen LogP contribution < -0.4 is 11.1 Å².